The fourth-order valence-electron chi connectivity index (χ4n) is 4.84. The average Bonchev–Trinajstić information content (AvgIpc) is 2.84. The number of esters is 1. The second-order valence-corrected chi connectivity index (χ2v) is 10.8. The van der Waals surface area contributed by atoms with Gasteiger partial charge in [-0.25, -0.2) is 0 Å². The Labute approximate surface area is 232 Å². The Kier molecular flexibility index (Phi) is 36.1. The molecule has 35 heavy (non-hydrogen) atoms. The van der Waals surface area contributed by atoms with Crippen molar-refractivity contribution in [2.45, 2.75) is 194 Å². The number of unbranched alkanes of at least 4 members (excludes halogenated alkanes) is 25. The van der Waals surface area contributed by atoms with Crippen molar-refractivity contribution in [3.05, 3.63) is 0 Å². The van der Waals surface area contributed by atoms with Gasteiger partial charge in [0.25, 0.3) is 0 Å². The summed E-state index contributed by atoms with van der Waals surface area (Å²) in [6, 6.07) is 0. The van der Waals surface area contributed by atoms with E-state index >= 15 is 0 Å². The fourth-order valence-corrected chi connectivity index (χ4v) is 4.84. The van der Waals surface area contributed by atoms with Crippen LogP contribution in [-0.4, -0.2) is 12.6 Å². The van der Waals surface area contributed by atoms with Crippen LogP contribution in [0.15, 0.2) is 0 Å². The largest absolute Gasteiger partial charge is 0.466 e. The molecule has 0 aromatic carbocycles. The zero-order chi connectivity index (χ0) is 24.8. The molecule has 0 aliphatic carbocycles. The van der Waals surface area contributed by atoms with E-state index in [0.717, 1.165) is 12.8 Å². The molecule has 3 heteroatoms. The van der Waals surface area contributed by atoms with E-state index in [1.807, 2.05) is 0 Å². The van der Waals surface area contributed by atoms with Gasteiger partial charge in [-0.3, -0.25) is 4.79 Å². The molecule has 0 saturated carbocycles. The zero-order valence-corrected chi connectivity index (χ0v) is 25.3. The Morgan fingerprint density at radius 2 is 0.657 bits per heavy atom. The zero-order valence-electron chi connectivity index (χ0n) is 24.2. The van der Waals surface area contributed by atoms with E-state index in [-0.39, 0.29) is 23.0 Å². The first-order valence-corrected chi connectivity index (χ1v) is 16.0. The van der Waals surface area contributed by atoms with Crippen LogP contribution in [0.1, 0.15) is 194 Å². The molecule has 0 fully saturated rings. The monoisotopic (exact) mass is 536 g/mol. The first-order chi connectivity index (χ1) is 16.8. The van der Waals surface area contributed by atoms with E-state index in [1.165, 1.54) is 161 Å². The predicted molar refractivity (Wildman–Crippen MR) is 152 cm³/mol. The second kappa shape index (κ2) is 34.0. The maximum Gasteiger partial charge on any atom is 0.305 e. The summed E-state index contributed by atoms with van der Waals surface area (Å²) in [7, 11) is 0. The molecule has 0 unspecified atom stereocenters. The summed E-state index contributed by atoms with van der Waals surface area (Å²) in [5, 5.41) is 0. The minimum Gasteiger partial charge on any atom is -0.466 e. The minimum absolute atomic E-state index is 0. The van der Waals surface area contributed by atoms with Gasteiger partial charge in [-0.05, 0) is 12.8 Å². The molecule has 0 aliphatic rings. The summed E-state index contributed by atoms with van der Waals surface area (Å²) in [5.41, 5.74) is 0. The molecular formula is C32H64FeO2. The number of hydrogen-bond acceptors (Lipinski definition) is 2. The van der Waals surface area contributed by atoms with Crippen LogP contribution in [0.5, 0.6) is 0 Å². The molecule has 0 atom stereocenters. The van der Waals surface area contributed by atoms with Gasteiger partial charge in [0, 0.05) is 23.5 Å². The van der Waals surface area contributed by atoms with Crippen LogP contribution < -0.4 is 0 Å². The van der Waals surface area contributed by atoms with Crippen molar-refractivity contribution in [3.63, 3.8) is 0 Å². The number of carbonyl (C=O) groups excluding carboxylic acids is 1. The minimum atomic E-state index is 0. The van der Waals surface area contributed by atoms with Crippen LogP contribution in [0.2, 0.25) is 0 Å². The maximum atomic E-state index is 11.9. The Morgan fingerprint density at radius 3 is 0.971 bits per heavy atom. The SMILES string of the molecule is CCCCCCCCCCCCCCCCOC(=O)CCCCCCCCCCCCCCC.[Fe]. The third-order valence-corrected chi connectivity index (χ3v) is 7.25. The van der Waals surface area contributed by atoms with Gasteiger partial charge in [0.15, 0.2) is 0 Å². The van der Waals surface area contributed by atoms with Gasteiger partial charge in [-0.2, -0.15) is 0 Å². The van der Waals surface area contributed by atoms with E-state index in [1.54, 1.807) is 0 Å². The van der Waals surface area contributed by atoms with Gasteiger partial charge in [0.2, 0.25) is 0 Å². The van der Waals surface area contributed by atoms with Crippen LogP contribution in [0.4, 0.5) is 0 Å². The summed E-state index contributed by atoms with van der Waals surface area (Å²) < 4.78 is 5.42. The van der Waals surface area contributed by atoms with Crippen LogP contribution in [0, 0.1) is 0 Å². The molecule has 0 heterocycles. The van der Waals surface area contributed by atoms with Gasteiger partial charge in [0.1, 0.15) is 0 Å². The van der Waals surface area contributed by atoms with Crippen molar-refractivity contribution < 1.29 is 26.6 Å². The fraction of sp³-hybridized carbons (Fsp3) is 0.969. The molecule has 0 aromatic heterocycles. The van der Waals surface area contributed by atoms with E-state index in [9.17, 15) is 4.79 Å². The summed E-state index contributed by atoms with van der Waals surface area (Å²) in [6.45, 7) is 5.20. The van der Waals surface area contributed by atoms with E-state index < -0.39 is 0 Å². The standard InChI is InChI=1S/C32H64O2.Fe/c1-3-5-7-9-11-13-15-17-19-21-23-25-27-29-31-34-32(33)30-28-26-24-22-20-18-16-14-12-10-8-6-4-2;/h3-31H2,1-2H3;. The van der Waals surface area contributed by atoms with Gasteiger partial charge in [0.05, 0.1) is 6.61 Å². The van der Waals surface area contributed by atoms with Crippen LogP contribution in [-0.2, 0) is 26.6 Å². The van der Waals surface area contributed by atoms with Gasteiger partial charge >= 0.3 is 5.97 Å². The normalized spacial score (nSPS) is 10.9. The van der Waals surface area contributed by atoms with Crippen LogP contribution >= 0.6 is 0 Å². The van der Waals surface area contributed by atoms with Crippen molar-refractivity contribution in [2.75, 3.05) is 6.61 Å². The van der Waals surface area contributed by atoms with Gasteiger partial charge in [-0.1, -0.05) is 174 Å². The number of rotatable bonds is 29. The molecule has 0 saturated heterocycles. The van der Waals surface area contributed by atoms with Crippen LogP contribution in [0.3, 0.4) is 0 Å². The van der Waals surface area contributed by atoms with E-state index in [2.05, 4.69) is 13.8 Å². The molecule has 0 amide bonds. The molecule has 2 nitrogen and oxygen atoms in total. The van der Waals surface area contributed by atoms with Crippen molar-refractivity contribution in [2.24, 2.45) is 0 Å². The molecule has 0 N–H and O–H groups in total. The maximum absolute atomic E-state index is 11.9. The van der Waals surface area contributed by atoms with Crippen LogP contribution in [0.25, 0.3) is 0 Å². The predicted octanol–water partition coefficient (Wildman–Crippen LogP) is 11.5. The first-order valence-electron chi connectivity index (χ1n) is 16.0. The van der Waals surface area contributed by atoms with Crippen molar-refractivity contribution in [3.8, 4) is 0 Å². The molecule has 0 aromatic rings. The molecule has 0 spiro atoms. The smallest absolute Gasteiger partial charge is 0.305 e. The molecule has 212 valence electrons. The summed E-state index contributed by atoms with van der Waals surface area (Å²) in [4.78, 5) is 11.9. The van der Waals surface area contributed by atoms with E-state index in [0.29, 0.717) is 13.0 Å². The molecular weight excluding hydrogens is 472 g/mol. The Morgan fingerprint density at radius 1 is 0.400 bits per heavy atom. The summed E-state index contributed by atoms with van der Waals surface area (Å²) >= 11 is 0. The third kappa shape index (κ3) is 34.0. The topological polar surface area (TPSA) is 26.3 Å². The van der Waals surface area contributed by atoms with Gasteiger partial charge in [-0.15, -0.1) is 0 Å². The van der Waals surface area contributed by atoms with Crippen molar-refractivity contribution in [1.29, 1.82) is 0 Å². The quantitative estimate of drug-likeness (QED) is 0.0540. The number of ether oxygens (including phenoxy) is 1. The second-order valence-electron chi connectivity index (χ2n) is 10.8. The average molecular weight is 537 g/mol. The number of carbonyl (C=O) groups is 1. The Hall–Kier alpha value is -0.0105. The number of hydrogen-bond donors (Lipinski definition) is 0. The summed E-state index contributed by atoms with van der Waals surface area (Å²) in [5.74, 6) is 0.0257. The molecule has 0 aliphatic heterocycles. The Balaban J connectivity index is 0. The van der Waals surface area contributed by atoms with Gasteiger partial charge < -0.3 is 4.74 Å². The van der Waals surface area contributed by atoms with E-state index in [4.69, 9.17) is 4.74 Å². The molecule has 0 radical (unpaired) electrons. The van der Waals surface area contributed by atoms with Crippen molar-refractivity contribution >= 4 is 5.97 Å². The molecule has 0 bridgehead atoms. The van der Waals surface area contributed by atoms with Crippen molar-refractivity contribution in [1.82, 2.24) is 0 Å². The summed E-state index contributed by atoms with van der Waals surface area (Å²) in [6.07, 6.45) is 37.2. The Bertz CT molecular complexity index is 386. The molecule has 0 rings (SSSR count). The third-order valence-electron chi connectivity index (χ3n) is 7.25. The first kappa shape index (κ1) is 37.1.